The molecule has 1 fully saturated rings. The number of nitrogens with zero attached hydrogens (tertiary/aromatic N) is 1. The summed E-state index contributed by atoms with van der Waals surface area (Å²) in [4.78, 5) is 15.2. The highest BCUT2D eigenvalue weighted by Gasteiger charge is 2.22. The Bertz CT molecular complexity index is 483. The van der Waals surface area contributed by atoms with E-state index in [2.05, 4.69) is 18.8 Å². The first-order valence-corrected chi connectivity index (χ1v) is 7.15. The number of carbonyl (C=O) groups is 1. The Morgan fingerprint density at radius 1 is 1.67 bits per heavy atom. The Morgan fingerprint density at radius 3 is 3.22 bits per heavy atom. The van der Waals surface area contributed by atoms with Crippen LogP contribution < -0.4 is 5.73 Å². The summed E-state index contributed by atoms with van der Waals surface area (Å²) in [5, 5.41) is 1.89. The molecule has 96 valence electrons. The normalized spacial score (nSPS) is 19.2. The second-order valence-electron chi connectivity index (χ2n) is 4.70. The topological polar surface area (TPSA) is 46.3 Å². The molecule has 0 bridgehead atoms. The van der Waals surface area contributed by atoms with Gasteiger partial charge in [0.1, 0.15) is 0 Å². The standard InChI is InChI=1S/C14H18N2OS/c1-11-4-3-7-16(9-11)14(17)12-8-13(18-10-12)5-2-6-15/h8,10-11H,3-4,6-7,9,15H2,1H3. The minimum absolute atomic E-state index is 0.138. The lowest BCUT2D eigenvalue weighted by Gasteiger charge is -2.30. The number of hydrogen-bond acceptors (Lipinski definition) is 3. The molecule has 0 aliphatic carbocycles. The van der Waals surface area contributed by atoms with Gasteiger partial charge in [0.05, 0.1) is 17.0 Å². The molecule has 3 nitrogen and oxygen atoms in total. The molecule has 2 N–H and O–H groups in total. The van der Waals surface area contributed by atoms with Gasteiger partial charge in [-0.05, 0) is 24.8 Å². The van der Waals surface area contributed by atoms with Gasteiger partial charge in [0, 0.05) is 18.5 Å². The number of piperidine rings is 1. The van der Waals surface area contributed by atoms with E-state index in [1.165, 1.54) is 17.8 Å². The van der Waals surface area contributed by atoms with Gasteiger partial charge in [-0.3, -0.25) is 4.79 Å². The van der Waals surface area contributed by atoms with Gasteiger partial charge in [-0.15, -0.1) is 11.3 Å². The Morgan fingerprint density at radius 2 is 2.50 bits per heavy atom. The van der Waals surface area contributed by atoms with Crippen molar-refractivity contribution in [3.8, 4) is 11.8 Å². The van der Waals surface area contributed by atoms with Crippen LogP contribution in [0.3, 0.4) is 0 Å². The van der Waals surface area contributed by atoms with Crippen LogP contribution in [0.25, 0.3) is 0 Å². The van der Waals surface area contributed by atoms with Crippen molar-refractivity contribution >= 4 is 17.2 Å². The van der Waals surface area contributed by atoms with Gasteiger partial charge in [0.15, 0.2) is 0 Å². The Labute approximate surface area is 112 Å². The summed E-state index contributed by atoms with van der Waals surface area (Å²) in [6.45, 7) is 4.30. The van der Waals surface area contributed by atoms with Crippen molar-refractivity contribution in [2.75, 3.05) is 19.6 Å². The van der Waals surface area contributed by atoms with E-state index in [0.29, 0.717) is 12.5 Å². The maximum atomic E-state index is 12.3. The van der Waals surface area contributed by atoms with Crippen molar-refractivity contribution in [3.05, 3.63) is 21.9 Å². The molecular weight excluding hydrogens is 244 g/mol. The molecule has 0 saturated carbocycles. The molecule has 1 atom stereocenters. The molecule has 1 aliphatic rings. The predicted molar refractivity (Wildman–Crippen MR) is 74.6 cm³/mol. The number of carbonyl (C=O) groups excluding carboxylic acids is 1. The number of likely N-dealkylation sites (tertiary alicyclic amines) is 1. The quantitative estimate of drug-likeness (QED) is 0.786. The fourth-order valence-electron chi connectivity index (χ4n) is 2.21. The van der Waals surface area contributed by atoms with E-state index in [1.54, 1.807) is 0 Å². The van der Waals surface area contributed by atoms with Crippen molar-refractivity contribution < 1.29 is 4.79 Å². The summed E-state index contributed by atoms with van der Waals surface area (Å²) >= 11 is 1.51. The maximum absolute atomic E-state index is 12.3. The third-order valence-corrected chi connectivity index (χ3v) is 3.95. The third-order valence-electron chi connectivity index (χ3n) is 3.10. The fraction of sp³-hybridized carbons (Fsp3) is 0.500. The molecule has 1 aliphatic heterocycles. The smallest absolute Gasteiger partial charge is 0.254 e. The van der Waals surface area contributed by atoms with Gasteiger partial charge in [0.25, 0.3) is 5.91 Å². The molecule has 1 saturated heterocycles. The van der Waals surface area contributed by atoms with Crippen LogP contribution in [0.5, 0.6) is 0 Å². The molecule has 0 spiro atoms. The van der Waals surface area contributed by atoms with Gasteiger partial charge in [0.2, 0.25) is 0 Å². The molecule has 2 rings (SSSR count). The van der Waals surface area contributed by atoms with Crippen LogP contribution in [0.2, 0.25) is 0 Å². The summed E-state index contributed by atoms with van der Waals surface area (Å²) in [5.74, 6) is 6.52. The first-order chi connectivity index (χ1) is 8.70. The minimum Gasteiger partial charge on any atom is -0.338 e. The average Bonchev–Trinajstić information content (AvgIpc) is 2.84. The van der Waals surface area contributed by atoms with Crippen molar-refractivity contribution in [2.24, 2.45) is 11.7 Å². The highest BCUT2D eigenvalue weighted by atomic mass is 32.1. The molecule has 18 heavy (non-hydrogen) atoms. The van der Waals surface area contributed by atoms with E-state index >= 15 is 0 Å². The predicted octanol–water partition coefficient (Wildman–Crippen LogP) is 1.93. The van der Waals surface area contributed by atoms with Gasteiger partial charge < -0.3 is 10.6 Å². The van der Waals surface area contributed by atoms with Crippen LogP contribution in [-0.2, 0) is 0 Å². The van der Waals surface area contributed by atoms with Crippen LogP contribution in [0, 0.1) is 17.8 Å². The zero-order valence-electron chi connectivity index (χ0n) is 10.6. The largest absolute Gasteiger partial charge is 0.338 e. The molecule has 1 unspecified atom stereocenters. The Kier molecular flexibility index (Phi) is 4.40. The van der Waals surface area contributed by atoms with Crippen LogP contribution in [0.15, 0.2) is 11.4 Å². The second kappa shape index (κ2) is 6.03. The number of amides is 1. The van der Waals surface area contributed by atoms with E-state index in [-0.39, 0.29) is 5.91 Å². The van der Waals surface area contributed by atoms with Gasteiger partial charge in [-0.2, -0.15) is 0 Å². The highest BCUT2D eigenvalue weighted by Crippen LogP contribution is 2.20. The number of rotatable bonds is 1. The first-order valence-electron chi connectivity index (χ1n) is 6.27. The van der Waals surface area contributed by atoms with Gasteiger partial charge >= 0.3 is 0 Å². The van der Waals surface area contributed by atoms with E-state index in [4.69, 9.17) is 5.73 Å². The number of nitrogens with two attached hydrogens (primary N) is 1. The van der Waals surface area contributed by atoms with Crippen LogP contribution in [0.1, 0.15) is 35.0 Å². The minimum atomic E-state index is 0.138. The molecule has 0 radical (unpaired) electrons. The van der Waals surface area contributed by atoms with E-state index < -0.39 is 0 Å². The van der Waals surface area contributed by atoms with Crippen molar-refractivity contribution in [2.45, 2.75) is 19.8 Å². The molecular formula is C14H18N2OS. The number of thiophene rings is 1. The van der Waals surface area contributed by atoms with Gasteiger partial charge in [-0.1, -0.05) is 18.8 Å². The van der Waals surface area contributed by atoms with E-state index in [1.807, 2.05) is 16.3 Å². The number of hydrogen-bond donors (Lipinski definition) is 1. The lowest BCUT2D eigenvalue weighted by molar-refractivity contribution is 0.0683. The average molecular weight is 262 g/mol. The maximum Gasteiger partial charge on any atom is 0.254 e. The summed E-state index contributed by atoms with van der Waals surface area (Å²) in [6, 6.07) is 1.87. The van der Waals surface area contributed by atoms with Crippen LogP contribution in [-0.4, -0.2) is 30.4 Å². The van der Waals surface area contributed by atoms with Crippen molar-refractivity contribution in [3.63, 3.8) is 0 Å². The molecule has 0 aromatic carbocycles. The monoisotopic (exact) mass is 262 g/mol. The summed E-state index contributed by atoms with van der Waals surface area (Å²) in [5.41, 5.74) is 6.09. The Balaban J connectivity index is 2.06. The summed E-state index contributed by atoms with van der Waals surface area (Å²) in [6.07, 6.45) is 2.33. The van der Waals surface area contributed by atoms with Crippen LogP contribution >= 0.6 is 11.3 Å². The molecule has 1 aromatic heterocycles. The lowest BCUT2D eigenvalue weighted by Crippen LogP contribution is -2.38. The van der Waals surface area contributed by atoms with Gasteiger partial charge in [-0.25, -0.2) is 0 Å². The first kappa shape index (κ1) is 13.1. The third kappa shape index (κ3) is 3.12. The molecule has 4 heteroatoms. The fourth-order valence-corrected chi connectivity index (χ4v) is 2.96. The van der Waals surface area contributed by atoms with Crippen molar-refractivity contribution in [1.29, 1.82) is 0 Å². The Hall–Kier alpha value is -1.31. The molecule has 1 aromatic rings. The van der Waals surface area contributed by atoms with E-state index in [0.717, 1.165) is 30.0 Å². The summed E-state index contributed by atoms with van der Waals surface area (Å²) in [7, 11) is 0. The SMILES string of the molecule is CC1CCCN(C(=O)c2csc(C#CCN)c2)C1. The van der Waals surface area contributed by atoms with E-state index in [9.17, 15) is 4.79 Å². The van der Waals surface area contributed by atoms with Crippen molar-refractivity contribution in [1.82, 2.24) is 4.90 Å². The highest BCUT2D eigenvalue weighted by molar-refractivity contribution is 7.10. The zero-order chi connectivity index (χ0) is 13.0. The lowest BCUT2D eigenvalue weighted by atomic mass is 10.00. The zero-order valence-corrected chi connectivity index (χ0v) is 11.4. The summed E-state index contributed by atoms with van der Waals surface area (Å²) < 4.78 is 0. The van der Waals surface area contributed by atoms with Crippen LogP contribution in [0.4, 0.5) is 0 Å². The molecule has 1 amide bonds. The second-order valence-corrected chi connectivity index (χ2v) is 5.62. The molecule has 2 heterocycles.